The van der Waals surface area contributed by atoms with Gasteiger partial charge in [0.25, 0.3) is 11.8 Å². The zero-order chi connectivity index (χ0) is 21.5. The average molecular weight is 475 g/mol. The minimum atomic E-state index is -0.596. The molecule has 30 heavy (non-hydrogen) atoms. The summed E-state index contributed by atoms with van der Waals surface area (Å²) in [6.45, 7) is 4.26. The second kappa shape index (κ2) is 10.5. The van der Waals surface area contributed by atoms with Crippen molar-refractivity contribution < 1.29 is 19.1 Å². The highest BCUT2D eigenvalue weighted by Gasteiger charge is 2.23. The summed E-state index contributed by atoms with van der Waals surface area (Å²) in [4.78, 5) is 23.9. The van der Waals surface area contributed by atoms with Gasteiger partial charge in [-0.15, -0.1) is 0 Å². The van der Waals surface area contributed by atoms with Crippen molar-refractivity contribution in [2.75, 3.05) is 13.2 Å². The van der Waals surface area contributed by atoms with Crippen molar-refractivity contribution in [2.45, 2.75) is 45.3 Å². The molecule has 0 bridgehead atoms. The number of carbonyl (C=O) groups is 2. The third-order valence-electron chi connectivity index (χ3n) is 4.71. The SMILES string of the molecule is Cc1ccc(OC(C)C(=O)NCCc2ccc(OCC(=O)NC3CC3)cc2)c(Br)c1. The van der Waals surface area contributed by atoms with Crippen LogP contribution in [0.1, 0.15) is 30.9 Å². The Kier molecular flexibility index (Phi) is 7.74. The van der Waals surface area contributed by atoms with Gasteiger partial charge >= 0.3 is 0 Å². The number of ether oxygens (including phenoxy) is 2. The first-order chi connectivity index (χ1) is 14.4. The third kappa shape index (κ3) is 7.06. The summed E-state index contributed by atoms with van der Waals surface area (Å²) in [5.41, 5.74) is 2.18. The lowest BCUT2D eigenvalue weighted by molar-refractivity contribution is -0.127. The standard InChI is InChI=1S/C23H27BrN2O4/c1-15-3-10-21(20(24)13-15)30-16(2)23(28)25-12-11-17-4-8-19(9-5-17)29-14-22(27)26-18-6-7-18/h3-5,8-10,13,16,18H,6-7,11-12,14H2,1-2H3,(H,25,28)(H,26,27). The summed E-state index contributed by atoms with van der Waals surface area (Å²) in [5, 5.41) is 5.78. The molecule has 3 rings (SSSR count). The highest BCUT2D eigenvalue weighted by molar-refractivity contribution is 9.10. The molecule has 2 N–H and O–H groups in total. The van der Waals surface area contributed by atoms with Gasteiger partial charge in [-0.25, -0.2) is 0 Å². The predicted octanol–water partition coefficient (Wildman–Crippen LogP) is 3.54. The lowest BCUT2D eigenvalue weighted by Gasteiger charge is -2.16. The second-order valence-corrected chi connectivity index (χ2v) is 8.36. The monoisotopic (exact) mass is 474 g/mol. The Hall–Kier alpha value is -2.54. The molecule has 1 saturated carbocycles. The van der Waals surface area contributed by atoms with E-state index < -0.39 is 6.10 Å². The predicted molar refractivity (Wildman–Crippen MR) is 119 cm³/mol. The maximum atomic E-state index is 12.3. The maximum Gasteiger partial charge on any atom is 0.260 e. The number of rotatable bonds is 10. The first-order valence-electron chi connectivity index (χ1n) is 10.1. The Morgan fingerprint density at radius 2 is 1.90 bits per heavy atom. The van der Waals surface area contributed by atoms with Crippen LogP contribution < -0.4 is 20.1 Å². The molecule has 2 amide bonds. The largest absolute Gasteiger partial charge is 0.484 e. The van der Waals surface area contributed by atoms with E-state index in [9.17, 15) is 9.59 Å². The Bertz CT molecular complexity index is 881. The quantitative estimate of drug-likeness (QED) is 0.551. The zero-order valence-corrected chi connectivity index (χ0v) is 18.8. The van der Waals surface area contributed by atoms with E-state index in [4.69, 9.17) is 9.47 Å². The van der Waals surface area contributed by atoms with Crippen molar-refractivity contribution >= 4 is 27.7 Å². The summed E-state index contributed by atoms with van der Waals surface area (Å²) < 4.78 is 12.1. The fourth-order valence-corrected chi connectivity index (χ4v) is 3.40. The Labute approximate surface area is 185 Å². The van der Waals surface area contributed by atoms with Gasteiger partial charge in [0.15, 0.2) is 12.7 Å². The van der Waals surface area contributed by atoms with E-state index in [0.717, 1.165) is 28.4 Å². The summed E-state index contributed by atoms with van der Waals surface area (Å²) in [6.07, 6.45) is 2.22. The highest BCUT2D eigenvalue weighted by Crippen LogP contribution is 2.26. The topological polar surface area (TPSA) is 76.7 Å². The van der Waals surface area contributed by atoms with Crippen LogP contribution in [0.15, 0.2) is 46.9 Å². The molecule has 7 heteroatoms. The number of carbonyl (C=O) groups excluding carboxylic acids is 2. The van der Waals surface area contributed by atoms with Crippen molar-refractivity contribution in [2.24, 2.45) is 0 Å². The van der Waals surface area contributed by atoms with Gasteiger partial charge in [0.1, 0.15) is 11.5 Å². The van der Waals surface area contributed by atoms with Crippen LogP contribution in [-0.2, 0) is 16.0 Å². The molecule has 0 aromatic heterocycles. The van der Waals surface area contributed by atoms with Crippen molar-refractivity contribution in [3.8, 4) is 11.5 Å². The molecule has 1 unspecified atom stereocenters. The van der Waals surface area contributed by atoms with E-state index in [1.807, 2.05) is 49.4 Å². The molecule has 2 aromatic rings. The van der Waals surface area contributed by atoms with Crippen molar-refractivity contribution in [3.63, 3.8) is 0 Å². The van der Waals surface area contributed by atoms with Crippen LogP contribution in [0.5, 0.6) is 11.5 Å². The number of aryl methyl sites for hydroxylation is 1. The molecule has 0 heterocycles. The lowest BCUT2D eigenvalue weighted by Crippen LogP contribution is -2.37. The van der Waals surface area contributed by atoms with Gasteiger partial charge in [0.2, 0.25) is 0 Å². The number of halogens is 1. The average Bonchev–Trinajstić information content (AvgIpc) is 3.53. The third-order valence-corrected chi connectivity index (χ3v) is 5.33. The number of nitrogens with one attached hydrogen (secondary N) is 2. The Balaban J connectivity index is 1.37. The molecule has 1 aliphatic carbocycles. The van der Waals surface area contributed by atoms with Gasteiger partial charge < -0.3 is 20.1 Å². The number of amides is 2. The molecule has 2 aromatic carbocycles. The van der Waals surface area contributed by atoms with Gasteiger partial charge in [0.05, 0.1) is 4.47 Å². The van der Waals surface area contributed by atoms with Crippen LogP contribution in [0.25, 0.3) is 0 Å². The summed E-state index contributed by atoms with van der Waals surface area (Å²) in [5.74, 6) is 1.05. The number of benzene rings is 2. The van der Waals surface area contributed by atoms with Gasteiger partial charge in [-0.05, 0) is 84.4 Å². The van der Waals surface area contributed by atoms with Gasteiger partial charge in [-0.1, -0.05) is 18.2 Å². The Morgan fingerprint density at radius 3 is 2.57 bits per heavy atom. The molecule has 1 atom stereocenters. The van der Waals surface area contributed by atoms with Gasteiger partial charge in [0, 0.05) is 12.6 Å². The van der Waals surface area contributed by atoms with E-state index in [2.05, 4.69) is 26.6 Å². The fraction of sp³-hybridized carbons (Fsp3) is 0.391. The van der Waals surface area contributed by atoms with Crippen LogP contribution >= 0.6 is 15.9 Å². The first-order valence-corrected chi connectivity index (χ1v) is 10.9. The second-order valence-electron chi connectivity index (χ2n) is 7.51. The molecule has 0 saturated heterocycles. The van der Waals surface area contributed by atoms with E-state index in [1.54, 1.807) is 6.92 Å². The molecular weight excluding hydrogens is 448 g/mol. The molecule has 0 spiro atoms. The van der Waals surface area contributed by atoms with Crippen LogP contribution in [0.4, 0.5) is 0 Å². The number of hydrogen-bond acceptors (Lipinski definition) is 4. The van der Waals surface area contributed by atoms with Crippen LogP contribution in [0.3, 0.4) is 0 Å². The van der Waals surface area contributed by atoms with Crippen molar-refractivity contribution in [1.29, 1.82) is 0 Å². The molecule has 0 radical (unpaired) electrons. The summed E-state index contributed by atoms with van der Waals surface area (Å²) in [7, 11) is 0. The number of hydrogen-bond donors (Lipinski definition) is 2. The summed E-state index contributed by atoms with van der Waals surface area (Å²) in [6, 6.07) is 13.6. The molecule has 160 valence electrons. The van der Waals surface area contributed by atoms with Gasteiger partial charge in [-0.3, -0.25) is 9.59 Å². The van der Waals surface area contributed by atoms with E-state index in [-0.39, 0.29) is 18.4 Å². The van der Waals surface area contributed by atoms with Crippen molar-refractivity contribution in [3.05, 3.63) is 58.1 Å². The molecule has 6 nitrogen and oxygen atoms in total. The fourth-order valence-electron chi connectivity index (χ4n) is 2.82. The van der Waals surface area contributed by atoms with Crippen molar-refractivity contribution in [1.82, 2.24) is 10.6 Å². The van der Waals surface area contributed by atoms with Gasteiger partial charge in [-0.2, -0.15) is 0 Å². The first kappa shape index (κ1) is 22.2. The summed E-state index contributed by atoms with van der Waals surface area (Å²) >= 11 is 3.46. The smallest absolute Gasteiger partial charge is 0.260 e. The van der Waals surface area contributed by atoms with Crippen LogP contribution in [0, 0.1) is 6.92 Å². The minimum absolute atomic E-state index is 0.0287. The van der Waals surface area contributed by atoms with Crippen LogP contribution in [0.2, 0.25) is 0 Å². The maximum absolute atomic E-state index is 12.3. The highest BCUT2D eigenvalue weighted by atomic mass is 79.9. The van der Waals surface area contributed by atoms with E-state index >= 15 is 0 Å². The zero-order valence-electron chi connectivity index (χ0n) is 17.2. The molecule has 1 aliphatic rings. The Morgan fingerprint density at radius 1 is 1.17 bits per heavy atom. The minimum Gasteiger partial charge on any atom is -0.484 e. The lowest BCUT2D eigenvalue weighted by atomic mass is 10.1. The molecule has 1 fully saturated rings. The molecule has 0 aliphatic heterocycles. The molecular formula is C23H27BrN2O4. The van der Waals surface area contributed by atoms with E-state index in [1.165, 1.54) is 0 Å². The van der Waals surface area contributed by atoms with E-state index in [0.29, 0.717) is 30.5 Å². The van der Waals surface area contributed by atoms with Crippen LogP contribution in [-0.4, -0.2) is 37.1 Å². The normalized spacial score (nSPS) is 14.0.